The maximum absolute atomic E-state index is 11.7. The highest BCUT2D eigenvalue weighted by atomic mass is 16.1. The fourth-order valence-corrected chi connectivity index (χ4v) is 3.95. The van der Waals surface area contributed by atoms with Crippen molar-refractivity contribution >= 4 is 5.78 Å². The Kier molecular flexibility index (Phi) is 2.35. The number of Topliss-reactive ketones (excluding diaryl/α,β-unsaturated/α-hetero) is 1. The van der Waals surface area contributed by atoms with Crippen LogP contribution < -0.4 is 0 Å². The van der Waals surface area contributed by atoms with E-state index >= 15 is 0 Å². The van der Waals surface area contributed by atoms with Gasteiger partial charge in [0.15, 0.2) is 0 Å². The summed E-state index contributed by atoms with van der Waals surface area (Å²) in [6.45, 7) is 2.42. The second-order valence-corrected chi connectivity index (χ2v) is 5.80. The molecule has 3 rings (SSSR count). The Balaban J connectivity index is 1.67. The van der Waals surface area contributed by atoms with Crippen molar-refractivity contribution in [1.29, 1.82) is 0 Å². The molecule has 3 fully saturated rings. The second-order valence-electron chi connectivity index (χ2n) is 5.80. The molecule has 0 aromatic heterocycles. The van der Waals surface area contributed by atoms with Crippen molar-refractivity contribution in [3.63, 3.8) is 0 Å². The van der Waals surface area contributed by atoms with Gasteiger partial charge in [0, 0.05) is 13.0 Å². The first-order chi connectivity index (χ1) is 7.29. The molecule has 1 heterocycles. The van der Waals surface area contributed by atoms with Crippen molar-refractivity contribution in [3.05, 3.63) is 0 Å². The standard InChI is InChI=1S/C13H21NO/c15-12-5-3-4-11(12)14-9-8-13(10-14)6-1-2-7-13/h11H,1-10H2. The Morgan fingerprint density at radius 3 is 2.60 bits per heavy atom. The molecule has 3 aliphatic rings. The molecule has 84 valence electrons. The van der Waals surface area contributed by atoms with E-state index in [-0.39, 0.29) is 0 Å². The van der Waals surface area contributed by atoms with E-state index in [2.05, 4.69) is 4.90 Å². The van der Waals surface area contributed by atoms with Gasteiger partial charge in [-0.25, -0.2) is 0 Å². The highest BCUT2D eigenvalue weighted by molar-refractivity contribution is 5.85. The van der Waals surface area contributed by atoms with Gasteiger partial charge in [-0.05, 0) is 44.1 Å². The lowest BCUT2D eigenvalue weighted by Crippen LogP contribution is -2.37. The van der Waals surface area contributed by atoms with Gasteiger partial charge in [-0.2, -0.15) is 0 Å². The third-order valence-electron chi connectivity index (χ3n) is 4.85. The smallest absolute Gasteiger partial charge is 0.149 e. The number of carbonyl (C=O) groups is 1. The lowest BCUT2D eigenvalue weighted by atomic mass is 9.85. The van der Waals surface area contributed by atoms with Crippen LogP contribution in [0.1, 0.15) is 51.4 Å². The van der Waals surface area contributed by atoms with E-state index in [1.165, 1.54) is 45.2 Å². The van der Waals surface area contributed by atoms with Gasteiger partial charge in [-0.1, -0.05) is 12.8 Å². The van der Waals surface area contributed by atoms with Gasteiger partial charge in [0.1, 0.15) is 5.78 Å². The summed E-state index contributed by atoms with van der Waals surface area (Å²) in [6, 6.07) is 0.310. The van der Waals surface area contributed by atoms with Crippen LogP contribution in [0.2, 0.25) is 0 Å². The second kappa shape index (κ2) is 3.58. The summed E-state index contributed by atoms with van der Waals surface area (Å²) in [5.41, 5.74) is 0.628. The Hall–Kier alpha value is -0.370. The maximum Gasteiger partial charge on any atom is 0.149 e. The van der Waals surface area contributed by atoms with E-state index < -0.39 is 0 Å². The minimum atomic E-state index is 0.310. The van der Waals surface area contributed by atoms with Gasteiger partial charge < -0.3 is 0 Å². The van der Waals surface area contributed by atoms with Crippen LogP contribution in [-0.4, -0.2) is 29.8 Å². The third kappa shape index (κ3) is 1.63. The van der Waals surface area contributed by atoms with Crippen LogP contribution in [0.4, 0.5) is 0 Å². The summed E-state index contributed by atoms with van der Waals surface area (Å²) >= 11 is 0. The van der Waals surface area contributed by atoms with E-state index in [0.29, 0.717) is 17.2 Å². The fraction of sp³-hybridized carbons (Fsp3) is 0.923. The summed E-state index contributed by atoms with van der Waals surface area (Å²) in [5, 5.41) is 0. The number of hydrogen-bond donors (Lipinski definition) is 0. The molecule has 2 heteroatoms. The number of ketones is 1. The van der Waals surface area contributed by atoms with Crippen molar-refractivity contribution in [2.75, 3.05) is 13.1 Å². The number of hydrogen-bond acceptors (Lipinski definition) is 2. The van der Waals surface area contributed by atoms with Crippen LogP contribution in [-0.2, 0) is 4.79 Å². The Morgan fingerprint density at radius 2 is 1.93 bits per heavy atom. The van der Waals surface area contributed by atoms with Crippen molar-refractivity contribution in [2.24, 2.45) is 5.41 Å². The van der Waals surface area contributed by atoms with Crippen molar-refractivity contribution in [3.8, 4) is 0 Å². The molecule has 15 heavy (non-hydrogen) atoms. The number of rotatable bonds is 1. The first kappa shape index (κ1) is 9.83. The molecule has 1 spiro atoms. The molecule has 1 aliphatic heterocycles. The number of carbonyl (C=O) groups excluding carboxylic acids is 1. The van der Waals surface area contributed by atoms with E-state index in [1.54, 1.807) is 0 Å². The SMILES string of the molecule is O=C1CCCC1N1CCC2(CCCC2)C1. The van der Waals surface area contributed by atoms with Crippen LogP contribution in [0.15, 0.2) is 0 Å². The zero-order chi connectivity index (χ0) is 10.3. The molecule has 0 aromatic carbocycles. The van der Waals surface area contributed by atoms with E-state index in [0.717, 1.165) is 19.3 Å². The normalized spacial score (nSPS) is 35.7. The van der Waals surface area contributed by atoms with Crippen LogP contribution in [0, 0.1) is 5.41 Å². The molecule has 0 N–H and O–H groups in total. The van der Waals surface area contributed by atoms with E-state index in [9.17, 15) is 4.79 Å². The fourth-order valence-electron chi connectivity index (χ4n) is 3.95. The summed E-state index contributed by atoms with van der Waals surface area (Å²) in [6.07, 6.45) is 10.2. The third-order valence-corrected chi connectivity index (χ3v) is 4.85. The van der Waals surface area contributed by atoms with Gasteiger partial charge in [-0.15, -0.1) is 0 Å². The van der Waals surface area contributed by atoms with E-state index in [4.69, 9.17) is 0 Å². The van der Waals surface area contributed by atoms with E-state index in [1.807, 2.05) is 0 Å². The summed E-state index contributed by atoms with van der Waals surface area (Å²) < 4.78 is 0. The Labute approximate surface area is 92.0 Å². The summed E-state index contributed by atoms with van der Waals surface area (Å²) in [5.74, 6) is 0.519. The minimum absolute atomic E-state index is 0.310. The first-order valence-corrected chi connectivity index (χ1v) is 6.56. The zero-order valence-corrected chi connectivity index (χ0v) is 9.50. The van der Waals surface area contributed by atoms with Crippen molar-refractivity contribution in [2.45, 2.75) is 57.4 Å². The van der Waals surface area contributed by atoms with Crippen LogP contribution >= 0.6 is 0 Å². The molecule has 1 unspecified atom stereocenters. The zero-order valence-electron chi connectivity index (χ0n) is 9.50. The molecule has 2 nitrogen and oxygen atoms in total. The van der Waals surface area contributed by atoms with Gasteiger partial charge >= 0.3 is 0 Å². The van der Waals surface area contributed by atoms with Crippen LogP contribution in [0.25, 0.3) is 0 Å². The lowest BCUT2D eigenvalue weighted by molar-refractivity contribution is -0.121. The van der Waals surface area contributed by atoms with Gasteiger partial charge in [-0.3, -0.25) is 9.69 Å². The first-order valence-electron chi connectivity index (χ1n) is 6.56. The number of nitrogens with zero attached hydrogens (tertiary/aromatic N) is 1. The van der Waals surface area contributed by atoms with Crippen LogP contribution in [0.5, 0.6) is 0 Å². The molecule has 0 bridgehead atoms. The van der Waals surface area contributed by atoms with Crippen molar-refractivity contribution in [1.82, 2.24) is 4.90 Å². The lowest BCUT2D eigenvalue weighted by Gasteiger charge is -2.26. The molecular weight excluding hydrogens is 186 g/mol. The monoisotopic (exact) mass is 207 g/mol. The minimum Gasteiger partial charge on any atom is -0.298 e. The predicted octanol–water partition coefficient (Wildman–Crippen LogP) is 2.37. The van der Waals surface area contributed by atoms with Gasteiger partial charge in [0.25, 0.3) is 0 Å². The molecular formula is C13H21NO. The average Bonchev–Trinajstić information content (AvgIpc) is 2.90. The summed E-state index contributed by atoms with van der Waals surface area (Å²) in [4.78, 5) is 14.2. The molecule has 0 radical (unpaired) electrons. The Morgan fingerprint density at radius 1 is 1.13 bits per heavy atom. The molecule has 2 saturated carbocycles. The molecule has 1 saturated heterocycles. The molecule has 2 aliphatic carbocycles. The highest BCUT2D eigenvalue weighted by Crippen LogP contribution is 2.46. The molecule has 0 aromatic rings. The molecule has 1 atom stereocenters. The highest BCUT2D eigenvalue weighted by Gasteiger charge is 2.44. The van der Waals surface area contributed by atoms with Gasteiger partial charge in [0.05, 0.1) is 6.04 Å². The van der Waals surface area contributed by atoms with Crippen molar-refractivity contribution < 1.29 is 4.79 Å². The summed E-state index contributed by atoms with van der Waals surface area (Å²) in [7, 11) is 0. The topological polar surface area (TPSA) is 20.3 Å². The van der Waals surface area contributed by atoms with Gasteiger partial charge in [0.2, 0.25) is 0 Å². The predicted molar refractivity (Wildman–Crippen MR) is 59.7 cm³/mol. The maximum atomic E-state index is 11.7. The number of likely N-dealkylation sites (tertiary alicyclic amines) is 1. The molecule has 0 amide bonds. The van der Waals surface area contributed by atoms with Crippen LogP contribution in [0.3, 0.4) is 0 Å². The largest absolute Gasteiger partial charge is 0.298 e. The quantitative estimate of drug-likeness (QED) is 0.658. The average molecular weight is 207 g/mol. The Bertz CT molecular complexity index is 268.